The third kappa shape index (κ3) is 3.81. The summed E-state index contributed by atoms with van der Waals surface area (Å²) in [4.78, 5) is 4.37. The molecule has 3 nitrogen and oxygen atoms in total. The van der Waals surface area contributed by atoms with Gasteiger partial charge in [0, 0.05) is 12.6 Å². The van der Waals surface area contributed by atoms with Crippen molar-refractivity contribution in [3.05, 3.63) is 24.0 Å². The molecule has 0 bridgehead atoms. The quantitative estimate of drug-likeness (QED) is 0.717. The van der Waals surface area contributed by atoms with E-state index in [2.05, 4.69) is 17.2 Å². The van der Waals surface area contributed by atoms with E-state index in [1.165, 1.54) is 12.8 Å². The first-order valence-electron chi connectivity index (χ1n) is 6.19. The summed E-state index contributed by atoms with van der Waals surface area (Å²) in [6.45, 7) is 3.83. The van der Waals surface area contributed by atoms with Crippen LogP contribution >= 0.6 is 0 Å². The van der Waals surface area contributed by atoms with Gasteiger partial charge in [-0.05, 0) is 31.4 Å². The molecular weight excluding hydrogens is 200 g/mol. The number of unbranched alkanes of at least 4 members (excludes halogenated alkanes) is 1. The Morgan fingerprint density at radius 1 is 1.44 bits per heavy atom. The van der Waals surface area contributed by atoms with Crippen LogP contribution in [0.15, 0.2) is 18.3 Å². The molecule has 0 radical (unpaired) electrons. The third-order valence-electron chi connectivity index (χ3n) is 2.71. The predicted molar refractivity (Wildman–Crippen MR) is 64.5 cm³/mol. The highest BCUT2D eigenvalue weighted by atomic mass is 16.5. The van der Waals surface area contributed by atoms with E-state index in [0.717, 1.165) is 43.5 Å². The summed E-state index contributed by atoms with van der Waals surface area (Å²) in [5.74, 6) is 0.878. The summed E-state index contributed by atoms with van der Waals surface area (Å²) in [6, 6.07) is 4.78. The van der Waals surface area contributed by atoms with Gasteiger partial charge in [-0.15, -0.1) is 0 Å². The van der Waals surface area contributed by atoms with Gasteiger partial charge in [-0.2, -0.15) is 0 Å². The average Bonchev–Trinajstić information content (AvgIpc) is 3.12. The van der Waals surface area contributed by atoms with Gasteiger partial charge in [-0.1, -0.05) is 13.3 Å². The lowest BCUT2D eigenvalue weighted by Crippen LogP contribution is -2.16. The zero-order valence-electron chi connectivity index (χ0n) is 9.91. The second kappa shape index (κ2) is 5.85. The van der Waals surface area contributed by atoms with Crippen LogP contribution in [0.3, 0.4) is 0 Å². The summed E-state index contributed by atoms with van der Waals surface area (Å²) < 4.78 is 5.56. The summed E-state index contributed by atoms with van der Waals surface area (Å²) in [5.41, 5.74) is 1.09. The lowest BCUT2D eigenvalue weighted by Gasteiger charge is -2.06. The van der Waals surface area contributed by atoms with Gasteiger partial charge >= 0.3 is 0 Å². The Hall–Kier alpha value is -1.09. The molecule has 0 aromatic carbocycles. The highest BCUT2D eigenvalue weighted by molar-refractivity contribution is 5.19. The van der Waals surface area contributed by atoms with Gasteiger partial charge in [0.2, 0.25) is 0 Å². The molecular formula is C13H20N2O. The van der Waals surface area contributed by atoms with Crippen molar-refractivity contribution >= 4 is 0 Å². The highest BCUT2D eigenvalue weighted by Crippen LogP contribution is 2.19. The first kappa shape index (κ1) is 11.4. The Morgan fingerprint density at radius 3 is 2.94 bits per heavy atom. The number of pyridine rings is 1. The van der Waals surface area contributed by atoms with Crippen LogP contribution in [0.25, 0.3) is 0 Å². The Bertz CT molecular complexity index is 306. The Labute approximate surface area is 97.2 Å². The lowest BCUT2D eigenvalue weighted by atomic mass is 10.3. The molecule has 1 aliphatic rings. The second-order valence-corrected chi connectivity index (χ2v) is 4.34. The van der Waals surface area contributed by atoms with Gasteiger partial charge < -0.3 is 10.1 Å². The molecule has 1 fully saturated rings. The minimum Gasteiger partial charge on any atom is -0.492 e. The fraction of sp³-hybridized carbons (Fsp3) is 0.615. The molecule has 2 rings (SSSR count). The number of ether oxygens (including phenoxy) is 1. The molecule has 0 atom stereocenters. The van der Waals surface area contributed by atoms with Gasteiger partial charge in [0.05, 0.1) is 18.5 Å². The largest absolute Gasteiger partial charge is 0.492 e. The lowest BCUT2D eigenvalue weighted by molar-refractivity contribution is 0.308. The van der Waals surface area contributed by atoms with Crippen molar-refractivity contribution in [2.45, 2.75) is 45.2 Å². The van der Waals surface area contributed by atoms with Crippen LogP contribution in [0.5, 0.6) is 5.75 Å². The van der Waals surface area contributed by atoms with E-state index >= 15 is 0 Å². The number of hydrogen-bond donors (Lipinski definition) is 1. The topological polar surface area (TPSA) is 34.1 Å². The molecule has 1 N–H and O–H groups in total. The van der Waals surface area contributed by atoms with Crippen LogP contribution in [-0.2, 0) is 6.54 Å². The van der Waals surface area contributed by atoms with Gasteiger partial charge in [0.15, 0.2) is 0 Å². The van der Waals surface area contributed by atoms with Gasteiger partial charge in [0.1, 0.15) is 5.75 Å². The molecule has 1 heterocycles. The maximum absolute atomic E-state index is 5.56. The minimum atomic E-state index is 0.738. The van der Waals surface area contributed by atoms with E-state index in [-0.39, 0.29) is 0 Å². The van der Waals surface area contributed by atoms with E-state index in [0.29, 0.717) is 0 Å². The van der Waals surface area contributed by atoms with Crippen molar-refractivity contribution < 1.29 is 4.74 Å². The molecule has 16 heavy (non-hydrogen) atoms. The summed E-state index contributed by atoms with van der Waals surface area (Å²) >= 11 is 0. The van der Waals surface area contributed by atoms with Crippen LogP contribution in [0, 0.1) is 0 Å². The Kier molecular flexibility index (Phi) is 4.17. The van der Waals surface area contributed by atoms with Crippen LogP contribution in [-0.4, -0.2) is 17.6 Å². The van der Waals surface area contributed by atoms with Crippen molar-refractivity contribution in [2.75, 3.05) is 6.61 Å². The number of nitrogens with zero attached hydrogens (tertiary/aromatic N) is 1. The van der Waals surface area contributed by atoms with E-state index in [1.807, 2.05) is 18.3 Å². The molecule has 3 heteroatoms. The smallest absolute Gasteiger partial charge is 0.137 e. The van der Waals surface area contributed by atoms with Crippen LogP contribution in [0.2, 0.25) is 0 Å². The fourth-order valence-electron chi connectivity index (χ4n) is 1.47. The summed E-state index contributed by atoms with van der Waals surface area (Å²) in [7, 11) is 0. The summed E-state index contributed by atoms with van der Waals surface area (Å²) in [6.07, 6.45) is 6.72. The monoisotopic (exact) mass is 220 g/mol. The molecule has 0 spiro atoms. The Balaban J connectivity index is 1.74. The van der Waals surface area contributed by atoms with Crippen LogP contribution in [0.1, 0.15) is 38.3 Å². The number of nitrogens with one attached hydrogen (secondary N) is 1. The first-order valence-corrected chi connectivity index (χ1v) is 6.19. The maximum Gasteiger partial charge on any atom is 0.137 e. The molecule has 0 aliphatic heterocycles. The molecule has 1 saturated carbocycles. The molecule has 0 amide bonds. The number of aromatic nitrogens is 1. The third-order valence-corrected chi connectivity index (χ3v) is 2.71. The average molecular weight is 220 g/mol. The number of rotatable bonds is 7. The predicted octanol–water partition coefficient (Wildman–Crippen LogP) is 2.51. The minimum absolute atomic E-state index is 0.738. The van der Waals surface area contributed by atoms with Crippen LogP contribution < -0.4 is 10.1 Å². The summed E-state index contributed by atoms with van der Waals surface area (Å²) in [5, 5.41) is 3.44. The van der Waals surface area contributed by atoms with Crippen LogP contribution in [0.4, 0.5) is 0 Å². The van der Waals surface area contributed by atoms with Gasteiger partial charge in [-0.3, -0.25) is 4.98 Å². The molecule has 1 aromatic heterocycles. The first-order chi connectivity index (χ1) is 7.88. The van der Waals surface area contributed by atoms with Crippen molar-refractivity contribution in [1.29, 1.82) is 0 Å². The van der Waals surface area contributed by atoms with Gasteiger partial charge in [-0.25, -0.2) is 0 Å². The molecule has 1 aliphatic carbocycles. The molecule has 88 valence electrons. The van der Waals surface area contributed by atoms with E-state index in [1.54, 1.807) is 0 Å². The highest BCUT2D eigenvalue weighted by Gasteiger charge is 2.19. The standard InChI is InChI=1S/C13H20N2O/c1-2-3-8-16-13-7-6-12(15-10-13)9-14-11-4-5-11/h6-7,10-11,14H,2-5,8-9H2,1H3. The molecule has 0 unspecified atom stereocenters. The maximum atomic E-state index is 5.56. The van der Waals surface area contributed by atoms with Crippen molar-refractivity contribution in [1.82, 2.24) is 10.3 Å². The van der Waals surface area contributed by atoms with E-state index in [4.69, 9.17) is 4.74 Å². The van der Waals surface area contributed by atoms with E-state index < -0.39 is 0 Å². The number of hydrogen-bond acceptors (Lipinski definition) is 3. The zero-order chi connectivity index (χ0) is 11.2. The van der Waals surface area contributed by atoms with Gasteiger partial charge in [0.25, 0.3) is 0 Å². The van der Waals surface area contributed by atoms with Crippen molar-refractivity contribution in [3.63, 3.8) is 0 Å². The molecule has 0 saturated heterocycles. The van der Waals surface area contributed by atoms with Crippen molar-refractivity contribution in [3.8, 4) is 5.75 Å². The second-order valence-electron chi connectivity index (χ2n) is 4.34. The van der Waals surface area contributed by atoms with Crippen molar-refractivity contribution in [2.24, 2.45) is 0 Å². The zero-order valence-corrected chi connectivity index (χ0v) is 9.91. The normalized spacial score (nSPS) is 15.1. The SMILES string of the molecule is CCCCOc1ccc(CNC2CC2)nc1. The Morgan fingerprint density at radius 2 is 2.31 bits per heavy atom. The fourth-order valence-corrected chi connectivity index (χ4v) is 1.47. The van der Waals surface area contributed by atoms with E-state index in [9.17, 15) is 0 Å². The molecule has 1 aromatic rings.